The van der Waals surface area contributed by atoms with E-state index in [0.717, 1.165) is 57.5 Å². The number of imidazole rings is 1. The highest BCUT2D eigenvalue weighted by Crippen LogP contribution is 2.50. The van der Waals surface area contributed by atoms with Crippen molar-refractivity contribution < 1.29 is 8.78 Å². The lowest BCUT2D eigenvalue weighted by Gasteiger charge is -2.39. The number of benzene rings is 2. The van der Waals surface area contributed by atoms with Gasteiger partial charge in [0.25, 0.3) is 0 Å². The lowest BCUT2D eigenvalue weighted by atomic mass is 10.0. The van der Waals surface area contributed by atoms with Crippen LogP contribution in [0.5, 0.6) is 0 Å². The minimum absolute atomic E-state index is 0.0817. The van der Waals surface area contributed by atoms with Gasteiger partial charge in [-0.1, -0.05) is 0 Å². The molecule has 3 aliphatic rings. The third kappa shape index (κ3) is 3.59. The summed E-state index contributed by atoms with van der Waals surface area (Å²) in [7, 11) is 0. The van der Waals surface area contributed by atoms with E-state index in [0.29, 0.717) is 28.9 Å². The van der Waals surface area contributed by atoms with Gasteiger partial charge in [-0.25, -0.2) is 13.6 Å². The van der Waals surface area contributed by atoms with Crippen LogP contribution in [0.2, 0.25) is 0 Å². The Morgan fingerprint density at radius 1 is 0.912 bits per heavy atom. The van der Waals surface area contributed by atoms with Gasteiger partial charge in [0.2, 0.25) is 0 Å². The molecule has 1 saturated heterocycles. The number of nitrogens with zero attached hydrogens (tertiary/aromatic N) is 4. The zero-order chi connectivity index (χ0) is 23.4. The topological polar surface area (TPSA) is 68.1 Å². The number of anilines is 1. The summed E-state index contributed by atoms with van der Waals surface area (Å²) in [6.07, 6.45) is 4.21. The number of fused-ring (bicyclic) bond motifs is 2. The Kier molecular flexibility index (Phi) is 5.18. The van der Waals surface area contributed by atoms with Gasteiger partial charge in [0.15, 0.2) is 0 Å². The molecule has 2 unspecified atom stereocenters. The summed E-state index contributed by atoms with van der Waals surface area (Å²) in [4.78, 5) is 20.2. The van der Waals surface area contributed by atoms with E-state index in [1.807, 2.05) is 12.1 Å². The number of nitrogens with one attached hydrogen (secondary N) is 1. The smallest absolute Gasteiger partial charge is 0.326 e. The van der Waals surface area contributed by atoms with Crippen LogP contribution in [0.3, 0.4) is 0 Å². The fourth-order valence-electron chi connectivity index (χ4n) is 6.66. The Morgan fingerprint density at radius 2 is 1.62 bits per heavy atom. The van der Waals surface area contributed by atoms with E-state index in [2.05, 4.69) is 14.8 Å². The standard InChI is InChI=1S/C26H27F2N5O/c27-19-2-4-24-25(13-19)33(26(34)30-24)22-11-17-9-21(10-18(17)12-22)32-7-5-31(6-8-32)20-3-1-16(15-29)23(28)14-20/h1-4,13-14,17-18,21-22H,5-12H2,(H,30,34). The summed E-state index contributed by atoms with van der Waals surface area (Å²) in [6, 6.07) is 11.9. The van der Waals surface area contributed by atoms with Crippen LogP contribution < -0.4 is 10.6 Å². The maximum Gasteiger partial charge on any atom is 0.326 e. The van der Waals surface area contributed by atoms with Crippen LogP contribution >= 0.6 is 0 Å². The number of aromatic amines is 1. The van der Waals surface area contributed by atoms with Crippen LogP contribution in [0.4, 0.5) is 14.5 Å². The number of nitriles is 1. The summed E-state index contributed by atoms with van der Waals surface area (Å²) in [6.45, 7) is 3.57. The summed E-state index contributed by atoms with van der Waals surface area (Å²) in [5.41, 5.74) is 2.14. The molecule has 6 rings (SSSR count). The zero-order valence-electron chi connectivity index (χ0n) is 18.9. The second-order valence-electron chi connectivity index (χ2n) is 10.0. The highest BCUT2D eigenvalue weighted by Gasteiger charge is 2.44. The van der Waals surface area contributed by atoms with E-state index >= 15 is 0 Å². The molecule has 0 bridgehead atoms. The Morgan fingerprint density at radius 3 is 2.29 bits per heavy atom. The second kappa shape index (κ2) is 8.24. The van der Waals surface area contributed by atoms with Gasteiger partial charge in [-0.05, 0) is 73.9 Å². The van der Waals surface area contributed by atoms with Crippen molar-refractivity contribution in [2.45, 2.75) is 37.8 Å². The van der Waals surface area contributed by atoms with Crippen molar-refractivity contribution in [3.05, 3.63) is 64.1 Å². The number of halogens is 2. The third-order valence-electron chi connectivity index (χ3n) is 8.28. The van der Waals surface area contributed by atoms with Crippen LogP contribution in [0.1, 0.15) is 37.3 Å². The number of piperazine rings is 1. The Balaban J connectivity index is 1.08. The first-order valence-corrected chi connectivity index (χ1v) is 12.1. The van der Waals surface area contributed by atoms with Gasteiger partial charge in [0, 0.05) is 44.0 Å². The van der Waals surface area contributed by atoms with Crippen LogP contribution in [-0.2, 0) is 0 Å². The van der Waals surface area contributed by atoms with Crippen molar-refractivity contribution in [3.8, 4) is 6.07 Å². The quantitative estimate of drug-likeness (QED) is 0.637. The first-order valence-electron chi connectivity index (χ1n) is 12.1. The average molecular weight is 464 g/mol. The molecule has 3 fully saturated rings. The van der Waals surface area contributed by atoms with Crippen molar-refractivity contribution in [2.24, 2.45) is 11.8 Å². The van der Waals surface area contributed by atoms with E-state index in [4.69, 9.17) is 5.26 Å². The van der Waals surface area contributed by atoms with E-state index in [9.17, 15) is 13.6 Å². The highest BCUT2D eigenvalue weighted by molar-refractivity contribution is 5.75. The van der Waals surface area contributed by atoms with Crippen molar-refractivity contribution >= 4 is 16.7 Å². The molecule has 2 atom stereocenters. The van der Waals surface area contributed by atoms with Gasteiger partial charge >= 0.3 is 5.69 Å². The van der Waals surface area contributed by atoms with E-state index < -0.39 is 5.82 Å². The molecule has 1 aromatic heterocycles. The fraction of sp³-hybridized carbons (Fsp3) is 0.462. The van der Waals surface area contributed by atoms with Gasteiger partial charge in [-0.2, -0.15) is 5.26 Å². The Labute approximate surface area is 196 Å². The molecular formula is C26H27F2N5O. The third-order valence-corrected chi connectivity index (χ3v) is 8.28. The molecule has 176 valence electrons. The normalized spacial score (nSPS) is 27.3. The molecule has 1 N–H and O–H groups in total. The maximum absolute atomic E-state index is 14.0. The molecule has 3 aromatic rings. The number of hydrogen-bond donors (Lipinski definition) is 1. The minimum atomic E-state index is -0.461. The molecule has 2 saturated carbocycles. The predicted molar refractivity (Wildman–Crippen MR) is 126 cm³/mol. The lowest BCUT2D eigenvalue weighted by Crippen LogP contribution is -2.50. The molecule has 0 spiro atoms. The molecule has 34 heavy (non-hydrogen) atoms. The van der Waals surface area contributed by atoms with Crippen LogP contribution in [0.25, 0.3) is 11.0 Å². The van der Waals surface area contributed by atoms with E-state index in [1.54, 1.807) is 16.7 Å². The predicted octanol–water partition coefficient (Wildman–Crippen LogP) is 4.03. The van der Waals surface area contributed by atoms with Crippen molar-refractivity contribution in [1.82, 2.24) is 14.5 Å². The minimum Gasteiger partial charge on any atom is -0.369 e. The first kappa shape index (κ1) is 21.4. The maximum atomic E-state index is 14.0. The molecule has 8 heteroatoms. The molecule has 0 amide bonds. The number of rotatable bonds is 3. The van der Waals surface area contributed by atoms with Gasteiger partial charge in [-0.3, -0.25) is 9.47 Å². The van der Waals surface area contributed by atoms with Gasteiger partial charge in [0.1, 0.15) is 17.7 Å². The Bertz CT molecular complexity index is 1320. The van der Waals surface area contributed by atoms with Crippen molar-refractivity contribution in [1.29, 1.82) is 5.26 Å². The monoisotopic (exact) mass is 463 g/mol. The molecular weight excluding hydrogens is 436 g/mol. The van der Waals surface area contributed by atoms with E-state index in [1.165, 1.54) is 18.2 Å². The van der Waals surface area contributed by atoms with Crippen LogP contribution in [0.15, 0.2) is 41.2 Å². The first-order chi connectivity index (χ1) is 16.5. The van der Waals surface area contributed by atoms with Crippen molar-refractivity contribution in [3.63, 3.8) is 0 Å². The molecule has 2 heterocycles. The summed E-state index contributed by atoms with van der Waals surface area (Å²) in [5.74, 6) is 0.399. The molecule has 1 aliphatic heterocycles. The van der Waals surface area contributed by atoms with Gasteiger partial charge in [-0.15, -0.1) is 0 Å². The summed E-state index contributed by atoms with van der Waals surface area (Å²) >= 11 is 0. The summed E-state index contributed by atoms with van der Waals surface area (Å²) in [5, 5.41) is 8.94. The fourth-order valence-corrected chi connectivity index (χ4v) is 6.66. The largest absolute Gasteiger partial charge is 0.369 e. The average Bonchev–Trinajstić information content (AvgIpc) is 3.49. The molecule has 2 aromatic carbocycles. The number of hydrogen-bond acceptors (Lipinski definition) is 4. The summed E-state index contributed by atoms with van der Waals surface area (Å²) < 4.78 is 29.6. The Hall–Kier alpha value is -3.18. The van der Waals surface area contributed by atoms with Crippen molar-refractivity contribution in [2.75, 3.05) is 31.1 Å². The molecule has 6 nitrogen and oxygen atoms in total. The number of aromatic nitrogens is 2. The van der Waals surface area contributed by atoms with Crippen LogP contribution in [-0.4, -0.2) is 46.7 Å². The van der Waals surface area contributed by atoms with Crippen LogP contribution in [0, 0.1) is 34.8 Å². The lowest BCUT2D eigenvalue weighted by molar-refractivity contribution is 0.177. The highest BCUT2D eigenvalue weighted by atomic mass is 19.1. The van der Waals surface area contributed by atoms with Gasteiger partial charge in [0.05, 0.1) is 16.6 Å². The van der Waals surface area contributed by atoms with E-state index in [-0.39, 0.29) is 23.1 Å². The molecule has 2 aliphatic carbocycles. The zero-order valence-corrected chi connectivity index (χ0v) is 18.9. The molecule has 0 radical (unpaired) electrons. The number of H-pyrrole nitrogens is 1. The second-order valence-corrected chi connectivity index (χ2v) is 10.0. The van der Waals surface area contributed by atoms with Gasteiger partial charge < -0.3 is 9.88 Å². The SMILES string of the molecule is N#Cc1ccc(N2CCN(C3CC4CC(n5c(=O)[nH]c6ccc(F)cc65)CC4C3)CC2)cc1F.